The summed E-state index contributed by atoms with van der Waals surface area (Å²) in [7, 11) is 0. The van der Waals surface area contributed by atoms with E-state index in [1.54, 1.807) is 6.07 Å². The van der Waals surface area contributed by atoms with Gasteiger partial charge in [-0.05, 0) is 19.9 Å². The third-order valence-corrected chi connectivity index (χ3v) is 3.78. The topological polar surface area (TPSA) is 102 Å². The standard InChI is InChI=1S/C17H19N3O5/c1-3-24-14-7-11-6-10(2)25-13(11)8-12(14)18-16(22)9-20-5-4-15(21)19-17(20)23/h4-5,7-8,10H,3,6,9H2,1-2H3,(H,18,22)(H,19,21,23). The van der Waals surface area contributed by atoms with E-state index < -0.39 is 17.2 Å². The first-order valence-corrected chi connectivity index (χ1v) is 8.02. The normalized spacial score (nSPS) is 15.4. The van der Waals surface area contributed by atoms with Crippen molar-refractivity contribution in [3.8, 4) is 11.5 Å². The van der Waals surface area contributed by atoms with Gasteiger partial charge in [-0.25, -0.2) is 4.79 Å². The van der Waals surface area contributed by atoms with Gasteiger partial charge in [0.05, 0.1) is 12.3 Å². The fraction of sp³-hybridized carbons (Fsp3) is 0.353. The average molecular weight is 345 g/mol. The van der Waals surface area contributed by atoms with Crippen molar-refractivity contribution in [1.29, 1.82) is 0 Å². The molecule has 8 heteroatoms. The van der Waals surface area contributed by atoms with E-state index in [-0.39, 0.29) is 12.6 Å². The van der Waals surface area contributed by atoms with Gasteiger partial charge < -0.3 is 14.8 Å². The Balaban J connectivity index is 1.81. The molecule has 1 aliphatic rings. The molecular weight excluding hydrogens is 326 g/mol. The number of benzene rings is 1. The molecule has 2 N–H and O–H groups in total. The fourth-order valence-corrected chi connectivity index (χ4v) is 2.73. The molecule has 132 valence electrons. The van der Waals surface area contributed by atoms with Gasteiger partial charge in [-0.15, -0.1) is 0 Å². The van der Waals surface area contributed by atoms with Crippen LogP contribution in [-0.4, -0.2) is 28.2 Å². The molecule has 0 fully saturated rings. The largest absolute Gasteiger partial charge is 0.492 e. The maximum atomic E-state index is 12.3. The molecule has 0 aliphatic carbocycles. The number of carbonyl (C=O) groups excluding carboxylic acids is 1. The summed E-state index contributed by atoms with van der Waals surface area (Å²) in [5.74, 6) is 0.856. The number of hydrogen-bond acceptors (Lipinski definition) is 5. The molecular formula is C17H19N3O5. The van der Waals surface area contributed by atoms with E-state index in [1.807, 2.05) is 19.9 Å². The molecule has 0 saturated carbocycles. The van der Waals surface area contributed by atoms with Crippen molar-refractivity contribution in [2.45, 2.75) is 32.9 Å². The molecule has 0 saturated heterocycles. The van der Waals surface area contributed by atoms with Crippen LogP contribution in [0.1, 0.15) is 19.4 Å². The number of hydrogen-bond donors (Lipinski definition) is 2. The lowest BCUT2D eigenvalue weighted by molar-refractivity contribution is -0.116. The Bertz CT molecular complexity index is 915. The molecule has 0 radical (unpaired) electrons. The molecule has 1 atom stereocenters. The fourth-order valence-electron chi connectivity index (χ4n) is 2.73. The van der Waals surface area contributed by atoms with Gasteiger partial charge in [-0.2, -0.15) is 0 Å². The van der Waals surface area contributed by atoms with Crippen molar-refractivity contribution in [3.05, 3.63) is 50.8 Å². The van der Waals surface area contributed by atoms with Crippen LogP contribution >= 0.6 is 0 Å². The van der Waals surface area contributed by atoms with Crippen LogP contribution in [0.15, 0.2) is 34.0 Å². The van der Waals surface area contributed by atoms with Crippen LogP contribution in [0.2, 0.25) is 0 Å². The summed E-state index contributed by atoms with van der Waals surface area (Å²) in [6.45, 7) is 4.06. The molecule has 0 bridgehead atoms. The third kappa shape index (κ3) is 3.73. The Morgan fingerprint density at radius 1 is 1.44 bits per heavy atom. The number of fused-ring (bicyclic) bond motifs is 1. The highest BCUT2D eigenvalue weighted by atomic mass is 16.5. The van der Waals surface area contributed by atoms with E-state index in [2.05, 4.69) is 10.3 Å². The second kappa shape index (κ2) is 6.84. The third-order valence-electron chi connectivity index (χ3n) is 3.78. The second-order valence-corrected chi connectivity index (χ2v) is 5.81. The number of nitrogens with zero attached hydrogens (tertiary/aromatic N) is 1. The van der Waals surface area contributed by atoms with Gasteiger partial charge in [0.15, 0.2) is 0 Å². The van der Waals surface area contributed by atoms with Crippen LogP contribution in [0.5, 0.6) is 11.5 Å². The lowest BCUT2D eigenvalue weighted by Gasteiger charge is -2.14. The van der Waals surface area contributed by atoms with Gasteiger partial charge >= 0.3 is 5.69 Å². The van der Waals surface area contributed by atoms with Gasteiger partial charge in [0.25, 0.3) is 5.56 Å². The summed E-state index contributed by atoms with van der Waals surface area (Å²) < 4.78 is 12.4. The molecule has 0 spiro atoms. The smallest absolute Gasteiger partial charge is 0.328 e. The molecule has 1 aromatic heterocycles. The molecule has 1 amide bonds. The Labute approximate surface area is 143 Å². The van der Waals surface area contributed by atoms with Crippen molar-refractivity contribution in [1.82, 2.24) is 9.55 Å². The first-order chi connectivity index (χ1) is 12.0. The predicted molar refractivity (Wildman–Crippen MR) is 91.4 cm³/mol. The number of aromatic amines is 1. The van der Waals surface area contributed by atoms with Crippen molar-refractivity contribution in [2.24, 2.45) is 0 Å². The summed E-state index contributed by atoms with van der Waals surface area (Å²) in [6, 6.07) is 4.78. The highest BCUT2D eigenvalue weighted by molar-refractivity contribution is 5.92. The lowest BCUT2D eigenvalue weighted by atomic mass is 10.1. The van der Waals surface area contributed by atoms with Gasteiger partial charge in [-0.3, -0.25) is 19.1 Å². The zero-order valence-electron chi connectivity index (χ0n) is 14.0. The lowest BCUT2D eigenvalue weighted by Crippen LogP contribution is -2.32. The van der Waals surface area contributed by atoms with Crippen LogP contribution in [0.25, 0.3) is 0 Å². The van der Waals surface area contributed by atoms with Gasteiger partial charge in [0.1, 0.15) is 24.1 Å². The second-order valence-electron chi connectivity index (χ2n) is 5.81. The molecule has 1 aliphatic heterocycles. The molecule has 2 aromatic rings. The number of H-pyrrole nitrogens is 1. The Hall–Kier alpha value is -3.03. The molecule has 8 nitrogen and oxygen atoms in total. The molecule has 1 unspecified atom stereocenters. The van der Waals surface area contributed by atoms with E-state index in [1.165, 1.54) is 12.3 Å². The number of aromatic nitrogens is 2. The van der Waals surface area contributed by atoms with Gasteiger partial charge in [-0.1, -0.05) is 0 Å². The van der Waals surface area contributed by atoms with Crippen LogP contribution in [0.3, 0.4) is 0 Å². The van der Waals surface area contributed by atoms with Crippen LogP contribution in [0.4, 0.5) is 5.69 Å². The van der Waals surface area contributed by atoms with E-state index in [0.29, 0.717) is 23.8 Å². The monoisotopic (exact) mass is 345 g/mol. The van der Waals surface area contributed by atoms with Gasteiger partial charge in [0, 0.05) is 30.3 Å². The average Bonchev–Trinajstić information content (AvgIpc) is 2.89. The summed E-state index contributed by atoms with van der Waals surface area (Å²) in [5.41, 5.74) is 0.368. The van der Waals surface area contributed by atoms with E-state index >= 15 is 0 Å². The number of carbonyl (C=O) groups is 1. The molecule has 2 heterocycles. The Morgan fingerprint density at radius 2 is 2.24 bits per heavy atom. The number of anilines is 1. The summed E-state index contributed by atoms with van der Waals surface area (Å²) >= 11 is 0. The maximum absolute atomic E-state index is 12.3. The predicted octanol–water partition coefficient (Wildman–Crippen LogP) is 0.897. The van der Waals surface area contributed by atoms with Crippen LogP contribution in [-0.2, 0) is 17.8 Å². The Morgan fingerprint density at radius 3 is 2.96 bits per heavy atom. The van der Waals surface area contributed by atoms with Crippen molar-refractivity contribution in [2.75, 3.05) is 11.9 Å². The molecule has 1 aromatic carbocycles. The Kier molecular flexibility index (Phi) is 4.60. The summed E-state index contributed by atoms with van der Waals surface area (Å²) in [4.78, 5) is 37.1. The summed E-state index contributed by atoms with van der Waals surface area (Å²) in [5, 5.41) is 2.73. The highest BCUT2D eigenvalue weighted by Crippen LogP contribution is 2.38. The van der Waals surface area contributed by atoms with Gasteiger partial charge in [0.2, 0.25) is 5.91 Å². The number of nitrogens with one attached hydrogen (secondary N) is 2. The van der Waals surface area contributed by atoms with E-state index in [9.17, 15) is 14.4 Å². The quantitative estimate of drug-likeness (QED) is 0.838. The number of ether oxygens (including phenoxy) is 2. The van der Waals surface area contributed by atoms with Crippen LogP contribution in [0, 0.1) is 0 Å². The minimum Gasteiger partial charge on any atom is -0.492 e. The van der Waals surface area contributed by atoms with Crippen LogP contribution < -0.4 is 26.0 Å². The molecule has 3 rings (SSSR count). The minimum absolute atomic E-state index is 0.0788. The van der Waals surface area contributed by atoms with Crippen molar-refractivity contribution in [3.63, 3.8) is 0 Å². The number of amides is 1. The van der Waals surface area contributed by atoms with Crippen molar-refractivity contribution >= 4 is 11.6 Å². The molecule has 25 heavy (non-hydrogen) atoms. The maximum Gasteiger partial charge on any atom is 0.328 e. The number of rotatable bonds is 5. The first kappa shape index (κ1) is 16.8. The minimum atomic E-state index is -0.640. The van der Waals surface area contributed by atoms with Crippen molar-refractivity contribution < 1.29 is 14.3 Å². The zero-order chi connectivity index (χ0) is 18.0. The SMILES string of the molecule is CCOc1cc2c(cc1NC(=O)Cn1ccc(=O)[nH]c1=O)OC(C)C2. The van der Waals surface area contributed by atoms with E-state index in [0.717, 1.165) is 16.6 Å². The van der Waals surface area contributed by atoms with E-state index in [4.69, 9.17) is 9.47 Å². The highest BCUT2D eigenvalue weighted by Gasteiger charge is 2.22. The zero-order valence-corrected chi connectivity index (χ0v) is 14.0. The first-order valence-electron chi connectivity index (χ1n) is 8.02. The summed E-state index contributed by atoms with van der Waals surface area (Å²) in [6.07, 6.45) is 2.14.